The molecule has 1 heterocycles. The highest BCUT2D eigenvalue weighted by molar-refractivity contribution is 5.95. The number of rotatable bonds is 11. The fourth-order valence-electron chi connectivity index (χ4n) is 4.39. The molecule has 0 bridgehead atoms. The molecular formula is C26H34N2O7. The Balaban J connectivity index is 1.93. The van der Waals surface area contributed by atoms with Gasteiger partial charge in [0.15, 0.2) is 11.5 Å². The maximum Gasteiger partial charge on any atom is 0.254 e. The van der Waals surface area contributed by atoms with Gasteiger partial charge in [0, 0.05) is 44.8 Å². The molecule has 1 aliphatic rings. The Morgan fingerprint density at radius 3 is 2.26 bits per heavy atom. The second-order valence-electron chi connectivity index (χ2n) is 8.25. The van der Waals surface area contributed by atoms with Gasteiger partial charge in [-0.3, -0.25) is 9.59 Å². The van der Waals surface area contributed by atoms with E-state index in [4.69, 9.17) is 23.7 Å². The minimum absolute atomic E-state index is 0.110. The number of hydrogen-bond acceptors (Lipinski definition) is 7. The van der Waals surface area contributed by atoms with E-state index in [1.54, 1.807) is 64.7 Å². The van der Waals surface area contributed by atoms with Crippen molar-refractivity contribution in [1.29, 1.82) is 0 Å². The number of ether oxygens (including phenoxy) is 5. The van der Waals surface area contributed by atoms with Crippen LogP contribution in [0.3, 0.4) is 0 Å². The zero-order chi connectivity index (χ0) is 25.4. The number of nitrogens with one attached hydrogen (secondary N) is 1. The molecule has 3 rings (SSSR count). The van der Waals surface area contributed by atoms with Gasteiger partial charge in [-0.05, 0) is 42.3 Å². The quantitative estimate of drug-likeness (QED) is 0.488. The predicted molar refractivity (Wildman–Crippen MR) is 131 cm³/mol. The minimum Gasteiger partial charge on any atom is -0.497 e. The molecule has 2 atom stereocenters. The lowest BCUT2D eigenvalue weighted by molar-refractivity contribution is -0.125. The van der Waals surface area contributed by atoms with Crippen LogP contribution >= 0.6 is 0 Å². The van der Waals surface area contributed by atoms with Gasteiger partial charge in [-0.1, -0.05) is 6.07 Å². The molecule has 190 valence electrons. The van der Waals surface area contributed by atoms with Gasteiger partial charge in [-0.25, -0.2) is 0 Å². The smallest absolute Gasteiger partial charge is 0.254 e. The van der Waals surface area contributed by atoms with Gasteiger partial charge in [0.05, 0.1) is 34.4 Å². The number of methoxy groups -OCH3 is 5. The first-order valence-electron chi connectivity index (χ1n) is 11.5. The number of amides is 2. The van der Waals surface area contributed by atoms with Gasteiger partial charge in [-0.2, -0.15) is 0 Å². The lowest BCUT2D eigenvalue weighted by atomic mass is 9.88. The summed E-state index contributed by atoms with van der Waals surface area (Å²) in [5, 5.41) is 2.99. The number of nitrogens with zero attached hydrogens (tertiary/aromatic N) is 1. The van der Waals surface area contributed by atoms with Gasteiger partial charge in [0.25, 0.3) is 5.91 Å². The Morgan fingerprint density at radius 1 is 0.943 bits per heavy atom. The number of carbonyl (C=O) groups excluding carboxylic acids is 2. The van der Waals surface area contributed by atoms with Crippen LogP contribution in [0.1, 0.15) is 28.3 Å². The maximum atomic E-state index is 13.4. The topological polar surface area (TPSA) is 95.6 Å². The molecule has 0 spiro atoms. The molecule has 1 saturated heterocycles. The van der Waals surface area contributed by atoms with Crippen molar-refractivity contribution >= 4 is 11.8 Å². The summed E-state index contributed by atoms with van der Waals surface area (Å²) in [6.07, 6.45) is 0.705. The summed E-state index contributed by atoms with van der Waals surface area (Å²) in [6.45, 7) is 1.70. The Hall–Kier alpha value is -3.46. The van der Waals surface area contributed by atoms with E-state index in [2.05, 4.69) is 5.32 Å². The van der Waals surface area contributed by atoms with Gasteiger partial charge < -0.3 is 33.9 Å². The normalized spacial score (nSPS) is 17.1. The van der Waals surface area contributed by atoms with Crippen molar-refractivity contribution in [1.82, 2.24) is 10.2 Å². The average Bonchev–Trinajstić information content (AvgIpc) is 3.35. The second kappa shape index (κ2) is 12.3. The maximum absolute atomic E-state index is 13.4. The fraction of sp³-hybridized carbons (Fsp3) is 0.462. The zero-order valence-electron chi connectivity index (χ0n) is 21.0. The minimum atomic E-state index is -0.449. The molecule has 0 radical (unpaired) electrons. The summed E-state index contributed by atoms with van der Waals surface area (Å²) in [6, 6.07) is 10.7. The molecule has 0 aromatic heterocycles. The van der Waals surface area contributed by atoms with Gasteiger partial charge in [-0.15, -0.1) is 0 Å². The molecule has 35 heavy (non-hydrogen) atoms. The third-order valence-corrected chi connectivity index (χ3v) is 6.20. The van der Waals surface area contributed by atoms with Crippen LogP contribution in [0, 0.1) is 5.92 Å². The molecule has 0 unspecified atom stereocenters. The Labute approximate surface area is 206 Å². The fourth-order valence-corrected chi connectivity index (χ4v) is 4.39. The van der Waals surface area contributed by atoms with Crippen LogP contribution in [0.5, 0.6) is 23.0 Å². The first kappa shape index (κ1) is 26.2. The third-order valence-electron chi connectivity index (χ3n) is 6.20. The van der Waals surface area contributed by atoms with Crippen LogP contribution in [0.15, 0.2) is 36.4 Å². The summed E-state index contributed by atoms with van der Waals surface area (Å²) in [5.74, 6) is 1.09. The first-order valence-corrected chi connectivity index (χ1v) is 11.5. The van der Waals surface area contributed by atoms with Crippen LogP contribution in [0.2, 0.25) is 0 Å². The molecule has 1 fully saturated rings. The molecule has 1 aliphatic heterocycles. The molecule has 9 heteroatoms. The molecule has 9 nitrogen and oxygen atoms in total. The van der Waals surface area contributed by atoms with Crippen LogP contribution < -0.4 is 24.3 Å². The average molecular weight is 487 g/mol. The summed E-state index contributed by atoms with van der Waals surface area (Å²) in [4.78, 5) is 28.3. The second-order valence-corrected chi connectivity index (χ2v) is 8.25. The van der Waals surface area contributed by atoms with E-state index in [9.17, 15) is 9.59 Å². The zero-order valence-corrected chi connectivity index (χ0v) is 21.0. The van der Waals surface area contributed by atoms with Crippen LogP contribution in [0.4, 0.5) is 0 Å². The lowest BCUT2D eigenvalue weighted by Gasteiger charge is -2.21. The number of carbonyl (C=O) groups is 2. The molecule has 2 aromatic carbocycles. The lowest BCUT2D eigenvalue weighted by Crippen LogP contribution is -2.36. The summed E-state index contributed by atoms with van der Waals surface area (Å²) >= 11 is 0. The molecule has 1 N–H and O–H groups in total. The van der Waals surface area contributed by atoms with Crippen molar-refractivity contribution < 1.29 is 33.3 Å². The third kappa shape index (κ3) is 5.97. The Bertz CT molecular complexity index is 1000. The monoisotopic (exact) mass is 486 g/mol. The van der Waals surface area contributed by atoms with Crippen LogP contribution in [-0.2, 0) is 9.53 Å². The molecule has 0 aliphatic carbocycles. The molecule has 2 aromatic rings. The van der Waals surface area contributed by atoms with Crippen molar-refractivity contribution in [2.75, 3.05) is 61.8 Å². The van der Waals surface area contributed by atoms with E-state index in [1.807, 2.05) is 12.1 Å². The van der Waals surface area contributed by atoms with Crippen molar-refractivity contribution in [3.05, 3.63) is 47.5 Å². The molecule has 0 saturated carbocycles. The van der Waals surface area contributed by atoms with Crippen molar-refractivity contribution in [2.24, 2.45) is 5.92 Å². The van der Waals surface area contributed by atoms with E-state index in [1.165, 1.54) is 0 Å². The Morgan fingerprint density at radius 2 is 1.66 bits per heavy atom. The van der Waals surface area contributed by atoms with E-state index < -0.39 is 5.92 Å². The van der Waals surface area contributed by atoms with Crippen LogP contribution in [0.25, 0.3) is 0 Å². The standard InChI is InChI=1S/C26H34N2O7/c1-31-11-7-10-27-25(29)21-16-28(26(30)17-8-6-9-19(12-17)32-2)15-20(21)18-13-22(33-3)24(35-5)23(14-18)34-4/h6,8-9,12-14,20-21H,7,10-11,15-16H2,1-5H3,(H,27,29)/t20-,21+/m1/s1. The first-order chi connectivity index (χ1) is 17.0. The van der Waals surface area contributed by atoms with Crippen molar-refractivity contribution in [3.8, 4) is 23.0 Å². The SMILES string of the molecule is COCCCNC(=O)[C@H]1CN(C(=O)c2cccc(OC)c2)C[C@@H]1c1cc(OC)c(OC)c(OC)c1. The van der Waals surface area contributed by atoms with Crippen molar-refractivity contribution in [3.63, 3.8) is 0 Å². The van der Waals surface area contributed by atoms with E-state index in [-0.39, 0.29) is 24.3 Å². The van der Waals surface area contributed by atoms with Gasteiger partial charge in [0.2, 0.25) is 11.7 Å². The molecule has 2 amide bonds. The molecular weight excluding hydrogens is 452 g/mol. The van der Waals surface area contributed by atoms with Crippen LogP contribution in [-0.4, -0.2) is 78.5 Å². The highest BCUT2D eigenvalue weighted by Gasteiger charge is 2.41. The van der Waals surface area contributed by atoms with E-state index in [0.717, 1.165) is 5.56 Å². The summed E-state index contributed by atoms with van der Waals surface area (Å²) in [7, 11) is 7.83. The van der Waals surface area contributed by atoms with Crippen molar-refractivity contribution in [2.45, 2.75) is 12.3 Å². The largest absolute Gasteiger partial charge is 0.497 e. The van der Waals surface area contributed by atoms with Gasteiger partial charge >= 0.3 is 0 Å². The number of benzene rings is 2. The number of likely N-dealkylation sites (tertiary alicyclic amines) is 1. The highest BCUT2D eigenvalue weighted by Crippen LogP contribution is 2.43. The van der Waals surface area contributed by atoms with Gasteiger partial charge in [0.1, 0.15) is 5.75 Å². The summed E-state index contributed by atoms with van der Waals surface area (Å²) < 4.78 is 26.8. The van der Waals surface area contributed by atoms with E-state index >= 15 is 0 Å². The highest BCUT2D eigenvalue weighted by atomic mass is 16.5. The summed E-state index contributed by atoms with van der Waals surface area (Å²) in [5.41, 5.74) is 1.34. The van der Waals surface area contributed by atoms with E-state index in [0.29, 0.717) is 54.7 Å². The number of hydrogen-bond donors (Lipinski definition) is 1. The predicted octanol–water partition coefficient (Wildman–Crippen LogP) is 2.73. The Kier molecular flexibility index (Phi) is 9.19.